The Bertz CT molecular complexity index is 1150. The molecular formula is C24H25Cl2N3O3S. The van der Waals surface area contributed by atoms with Gasteiger partial charge < -0.3 is 15.4 Å². The third-order valence-electron chi connectivity index (χ3n) is 5.00. The topological polar surface area (TPSA) is 79.8 Å². The van der Waals surface area contributed by atoms with E-state index in [1.807, 2.05) is 32.0 Å². The van der Waals surface area contributed by atoms with E-state index >= 15 is 0 Å². The van der Waals surface area contributed by atoms with Gasteiger partial charge in [0.05, 0.1) is 28.0 Å². The highest BCUT2D eigenvalue weighted by atomic mass is 35.5. The molecule has 6 nitrogen and oxygen atoms in total. The number of allylic oxidation sites excluding steroid dienone is 1. The molecular weight excluding hydrogens is 481 g/mol. The molecule has 0 saturated carbocycles. The number of carbonyl (C=O) groups excluding carboxylic acids is 2. The van der Waals surface area contributed by atoms with Crippen molar-refractivity contribution in [3.05, 3.63) is 74.4 Å². The van der Waals surface area contributed by atoms with Crippen molar-refractivity contribution in [3.8, 4) is 0 Å². The second-order valence-electron chi connectivity index (χ2n) is 7.52. The molecule has 0 aliphatic carbocycles. The molecule has 0 spiro atoms. The molecule has 0 aromatic heterocycles. The highest BCUT2D eigenvalue weighted by molar-refractivity contribution is 8.14. The summed E-state index contributed by atoms with van der Waals surface area (Å²) in [4.78, 5) is 29.9. The van der Waals surface area contributed by atoms with Crippen molar-refractivity contribution in [3.63, 3.8) is 0 Å². The summed E-state index contributed by atoms with van der Waals surface area (Å²) in [6.07, 6.45) is 0. The van der Waals surface area contributed by atoms with Crippen LogP contribution in [0.4, 0.5) is 5.69 Å². The summed E-state index contributed by atoms with van der Waals surface area (Å²) in [5.41, 5.74) is 4.36. The Morgan fingerprint density at radius 3 is 2.67 bits per heavy atom. The van der Waals surface area contributed by atoms with Gasteiger partial charge in [0.2, 0.25) is 5.91 Å². The third kappa shape index (κ3) is 6.10. The van der Waals surface area contributed by atoms with Gasteiger partial charge in [0.25, 0.3) is 0 Å². The van der Waals surface area contributed by atoms with Gasteiger partial charge in [-0.15, -0.1) is 0 Å². The first-order valence-electron chi connectivity index (χ1n) is 10.4. The molecule has 0 unspecified atom stereocenters. The summed E-state index contributed by atoms with van der Waals surface area (Å²) in [7, 11) is 0. The summed E-state index contributed by atoms with van der Waals surface area (Å²) in [6.45, 7) is 7.66. The second kappa shape index (κ2) is 11.1. The number of aryl methyl sites for hydroxylation is 2. The van der Waals surface area contributed by atoms with Crippen LogP contribution < -0.4 is 10.6 Å². The number of ether oxygens (including phenoxy) is 1. The first-order valence-corrected chi connectivity index (χ1v) is 12.1. The van der Waals surface area contributed by atoms with E-state index in [4.69, 9.17) is 27.9 Å². The summed E-state index contributed by atoms with van der Waals surface area (Å²) in [5, 5.41) is 7.24. The van der Waals surface area contributed by atoms with Crippen molar-refractivity contribution in [2.45, 2.75) is 33.7 Å². The largest absolute Gasteiger partial charge is 0.463 e. The van der Waals surface area contributed by atoms with Crippen LogP contribution in [0.3, 0.4) is 0 Å². The Morgan fingerprint density at radius 1 is 1.18 bits per heavy atom. The van der Waals surface area contributed by atoms with Crippen molar-refractivity contribution < 1.29 is 14.3 Å². The van der Waals surface area contributed by atoms with Gasteiger partial charge in [0, 0.05) is 16.9 Å². The van der Waals surface area contributed by atoms with Gasteiger partial charge in [-0.25, -0.2) is 9.79 Å². The molecule has 0 radical (unpaired) electrons. The summed E-state index contributed by atoms with van der Waals surface area (Å²) >= 11 is 13.9. The number of amides is 1. The lowest BCUT2D eigenvalue weighted by Crippen LogP contribution is -2.31. The van der Waals surface area contributed by atoms with Gasteiger partial charge in [-0.1, -0.05) is 59.2 Å². The van der Waals surface area contributed by atoms with E-state index in [1.54, 1.807) is 32.0 Å². The number of esters is 1. The van der Waals surface area contributed by atoms with Crippen LogP contribution in [0, 0.1) is 13.8 Å². The van der Waals surface area contributed by atoms with Crippen molar-refractivity contribution in [1.82, 2.24) is 5.32 Å². The van der Waals surface area contributed by atoms with E-state index in [2.05, 4.69) is 15.6 Å². The first-order chi connectivity index (χ1) is 15.7. The van der Waals surface area contributed by atoms with Crippen molar-refractivity contribution in [1.29, 1.82) is 0 Å². The van der Waals surface area contributed by atoms with E-state index in [0.717, 1.165) is 16.8 Å². The number of amidine groups is 1. The number of nitrogens with zero attached hydrogens (tertiary/aromatic N) is 1. The number of hydrogen-bond donors (Lipinski definition) is 2. The molecule has 2 aromatic rings. The van der Waals surface area contributed by atoms with Gasteiger partial charge in [0.15, 0.2) is 5.17 Å². The van der Waals surface area contributed by atoms with Crippen LogP contribution in [0.1, 0.15) is 36.6 Å². The number of anilines is 1. The van der Waals surface area contributed by atoms with Crippen LogP contribution in [0.5, 0.6) is 0 Å². The lowest BCUT2D eigenvalue weighted by molar-refractivity contribution is -0.139. The third-order valence-corrected chi connectivity index (χ3v) is 6.72. The van der Waals surface area contributed by atoms with Gasteiger partial charge in [0.1, 0.15) is 6.04 Å². The minimum absolute atomic E-state index is 0.136. The molecule has 33 heavy (non-hydrogen) atoms. The number of carbonyl (C=O) groups is 2. The number of hydrogen-bond acceptors (Lipinski definition) is 6. The highest BCUT2D eigenvalue weighted by Crippen LogP contribution is 2.39. The summed E-state index contributed by atoms with van der Waals surface area (Å²) in [6, 6.07) is 10.4. The second-order valence-corrected chi connectivity index (χ2v) is 9.27. The van der Waals surface area contributed by atoms with Crippen LogP contribution >= 0.6 is 35.0 Å². The van der Waals surface area contributed by atoms with E-state index < -0.39 is 12.0 Å². The average Bonchev–Trinajstić information content (AvgIpc) is 2.76. The van der Waals surface area contributed by atoms with Gasteiger partial charge in [-0.2, -0.15) is 0 Å². The average molecular weight is 506 g/mol. The number of benzene rings is 2. The molecule has 174 valence electrons. The zero-order valence-electron chi connectivity index (χ0n) is 18.8. The number of halogens is 2. The van der Waals surface area contributed by atoms with Gasteiger partial charge in [-0.3, -0.25) is 4.79 Å². The SMILES string of the molecule is CCOC(=O)C1=C(C)NC(SCC(=O)Nc2cc(C)ccc2C)=N[C@H]1c1cccc(Cl)c1Cl. The molecule has 1 aliphatic rings. The predicted octanol–water partition coefficient (Wildman–Crippen LogP) is 5.82. The monoisotopic (exact) mass is 505 g/mol. The Hall–Kier alpha value is -2.48. The predicted molar refractivity (Wildman–Crippen MR) is 136 cm³/mol. The van der Waals surface area contributed by atoms with Crippen LogP contribution in [0.25, 0.3) is 0 Å². The molecule has 1 heterocycles. The molecule has 2 N–H and O–H groups in total. The maximum absolute atomic E-state index is 12.7. The van der Waals surface area contributed by atoms with Gasteiger partial charge >= 0.3 is 5.97 Å². The minimum Gasteiger partial charge on any atom is -0.463 e. The summed E-state index contributed by atoms with van der Waals surface area (Å²) in [5.74, 6) is -0.505. The molecule has 0 bridgehead atoms. The highest BCUT2D eigenvalue weighted by Gasteiger charge is 2.32. The molecule has 0 saturated heterocycles. The fraction of sp³-hybridized carbons (Fsp3) is 0.292. The Balaban J connectivity index is 1.82. The summed E-state index contributed by atoms with van der Waals surface area (Å²) < 4.78 is 5.24. The fourth-order valence-electron chi connectivity index (χ4n) is 3.34. The molecule has 9 heteroatoms. The number of rotatable bonds is 6. The molecule has 3 rings (SSSR count). The van der Waals surface area contributed by atoms with Crippen LogP contribution in [-0.4, -0.2) is 29.4 Å². The van der Waals surface area contributed by atoms with E-state index in [-0.39, 0.29) is 18.3 Å². The first kappa shape index (κ1) is 25.1. The number of nitrogens with one attached hydrogen (secondary N) is 2. The molecule has 1 atom stereocenters. The lowest BCUT2D eigenvalue weighted by atomic mass is 9.96. The zero-order valence-corrected chi connectivity index (χ0v) is 21.1. The molecule has 0 fully saturated rings. The van der Waals surface area contributed by atoms with Crippen LogP contribution in [0.15, 0.2) is 52.7 Å². The van der Waals surface area contributed by atoms with E-state index in [9.17, 15) is 9.59 Å². The van der Waals surface area contributed by atoms with Crippen LogP contribution in [-0.2, 0) is 14.3 Å². The Morgan fingerprint density at radius 2 is 1.94 bits per heavy atom. The Labute approximate surface area is 207 Å². The number of thioether (sulfide) groups is 1. The van der Waals surface area contributed by atoms with Crippen molar-refractivity contribution in [2.24, 2.45) is 4.99 Å². The molecule has 1 amide bonds. The van der Waals surface area contributed by atoms with E-state index in [1.165, 1.54) is 11.8 Å². The maximum Gasteiger partial charge on any atom is 0.338 e. The van der Waals surface area contributed by atoms with Crippen LogP contribution in [0.2, 0.25) is 10.0 Å². The number of aliphatic imine (C=N–C) groups is 1. The van der Waals surface area contributed by atoms with E-state index in [0.29, 0.717) is 32.0 Å². The lowest BCUT2D eigenvalue weighted by Gasteiger charge is -2.26. The molecule has 1 aliphatic heterocycles. The maximum atomic E-state index is 12.7. The normalized spacial score (nSPS) is 15.6. The molecule has 2 aromatic carbocycles. The quantitative estimate of drug-likeness (QED) is 0.483. The van der Waals surface area contributed by atoms with Crippen molar-refractivity contribution >= 4 is 57.7 Å². The smallest absolute Gasteiger partial charge is 0.338 e. The Kier molecular flexibility index (Phi) is 8.46. The standard InChI is InChI=1S/C24H25Cl2N3O3S/c1-5-32-23(31)20-15(4)27-24(29-22(20)16-7-6-8-17(25)21(16)26)33-12-19(30)28-18-11-13(2)9-10-14(18)3/h6-11,22H,5,12H2,1-4H3,(H,27,29)(H,28,30)/t22-/m0/s1. The van der Waals surface area contributed by atoms with Gasteiger partial charge in [-0.05, 0) is 51.0 Å². The van der Waals surface area contributed by atoms with Crippen molar-refractivity contribution in [2.75, 3.05) is 17.7 Å². The fourth-order valence-corrected chi connectivity index (χ4v) is 4.50. The minimum atomic E-state index is -0.707. The zero-order chi connectivity index (χ0) is 24.1.